The molecule has 4 heteroatoms. The van der Waals surface area contributed by atoms with E-state index < -0.39 is 0 Å². The zero-order valence-corrected chi connectivity index (χ0v) is 11.4. The van der Waals surface area contributed by atoms with E-state index in [0.29, 0.717) is 18.0 Å². The molecule has 0 aromatic heterocycles. The molecule has 104 valence electrons. The Kier molecular flexibility index (Phi) is 4.91. The van der Waals surface area contributed by atoms with Crippen molar-refractivity contribution in [1.82, 2.24) is 10.2 Å². The zero-order chi connectivity index (χ0) is 13.7. The van der Waals surface area contributed by atoms with E-state index in [1.54, 1.807) is 0 Å². The normalized spacial score (nSPS) is 17.4. The van der Waals surface area contributed by atoms with Crippen molar-refractivity contribution in [3.8, 4) is 0 Å². The van der Waals surface area contributed by atoms with Gasteiger partial charge in [0.25, 0.3) is 5.91 Å². The molecule has 3 nitrogen and oxygen atoms in total. The van der Waals surface area contributed by atoms with Crippen molar-refractivity contribution in [1.29, 1.82) is 0 Å². The summed E-state index contributed by atoms with van der Waals surface area (Å²) in [4.78, 5) is 14.3. The topological polar surface area (TPSA) is 32.3 Å². The minimum atomic E-state index is -0.316. The smallest absolute Gasteiger partial charge is 0.251 e. The quantitative estimate of drug-likeness (QED) is 0.905. The molecule has 0 saturated carbocycles. The number of likely N-dealkylation sites (tertiary alicyclic amines) is 1. The highest BCUT2D eigenvalue weighted by molar-refractivity contribution is 5.94. The second-order valence-electron chi connectivity index (χ2n) is 5.09. The van der Waals surface area contributed by atoms with Gasteiger partial charge in [-0.15, -0.1) is 0 Å². The summed E-state index contributed by atoms with van der Waals surface area (Å²) in [6, 6.07) is 5.66. The summed E-state index contributed by atoms with van der Waals surface area (Å²) >= 11 is 0. The summed E-state index contributed by atoms with van der Waals surface area (Å²) in [5.41, 5.74) is 0.521. The number of carbonyl (C=O) groups is 1. The number of hydrogen-bond acceptors (Lipinski definition) is 2. The summed E-state index contributed by atoms with van der Waals surface area (Å²) in [7, 11) is 0. The molecule has 0 radical (unpaired) electrons. The van der Waals surface area contributed by atoms with Crippen LogP contribution in [0.4, 0.5) is 4.39 Å². The Morgan fingerprint density at radius 2 is 1.95 bits per heavy atom. The molecule has 1 aliphatic heterocycles. The first-order chi connectivity index (χ1) is 9.19. The van der Waals surface area contributed by atoms with Crippen molar-refractivity contribution in [2.24, 2.45) is 5.92 Å². The molecule has 19 heavy (non-hydrogen) atoms. The Labute approximate surface area is 113 Å². The first-order valence-electron chi connectivity index (χ1n) is 6.95. The van der Waals surface area contributed by atoms with Crippen LogP contribution in [0.15, 0.2) is 24.3 Å². The van der Waals surface area contributed by atoms with Gasteiger partial charge in [-0.05, 0) is 62.7 Å². The third-order valence-electron chi connectivity index (χ3n) is 3.81. The van der Waals surface area contributed by atoms with Crippen LogP contribution in [0, 0.1) is 11.7 Å². The third kappa shape index (κ3) is 4.03. The molecule has 1 aliphatic rings. The molecule has 0 aliphatic carbocycles. The zero-order valence-electron chi connectivity index (χ0n) is 11.4. The van der Waals surface area contributed by atoms with Gasteiger partial charge in [0.1, 0.15) is 5.82 Å². The van der Waals surface area contributed by atoms with Gasteiger partial charge in [0.05, 0.1) is 0 Å². The lowest BCUT2D eigenvalue weighted by Crippen LogP contribution is -2.38. The standard InChI is InChI=1S/C15H21FN2O/c1-2-18-9-7-12(8-10-18)11-17-15(19)13-3-5-14(16)6-4-13/h3-6,12H,2,7-11H2,1H3,(H,17,19). The van der Waals surface area contributed by atoms with Crippen molar-refractivity contribution in [3.63, 3.8) is 0 Å². The van der Waals surface area contributed by atoms with Crippen molar-refractivity contribution >= 4 is 5.91 Å². The summed E-state index contributed by atoms with van der Waals surface area (Å²) in [5.74, 6) is 0.133. The summed E-state index contributed by atoms with van der Waals surface area (Å²) in [5, 5.41) is 2.94. The molecule has 1 N–H and O–H groups in total. The molecule has 1 heterocycles. The number of halogens is 1. The fraction of sp³-hybridized carbons (Fsp3) is 0.533. The number of benzene rings is 1. The monoisotopic (exact) mass is 264 g/mol. The number of piperidine rings is 1. The number of carbonyl (C=O) groups excluding carboxylic acids is 1. The Bertz CT molecular complexity index is 411. The van der Waals surface area contributed by atoms with Gasteiger partial charge in [0.15, 0.2) is 0 Å². The molecular formula is C15H21FN2O. The van der Waals surface area contributed by atoms with Gasteiger partial charge in [0, 0.05) is 12.1 Å². The summed E-state index contributed by atoms with van der Waals surface area (Å²) in [6.07, 6.45) is 2.27. The van der Waals surface area contributed by atoms with Gasteiger partial charge < -0.3 is 10.2 Å². The molecule has 1 saturated heterocycles. The van der Waals surface area contributed by atoms with Gasteiger partial charge in [-0.3, -0.25) is 4.79 Å². The van der Waals surface area contributed by atoms with E-state index in [1.165, 1.54) is 24.3 Å². The maximum atomic E-state index is 12.8. The van der Waals surface area contributed by atoms with E-state index in [4.69, 9.17) is 0 Å². The van der Waals surface area contributed by atoms with Crippen LogP contribution >= 0.6 is 0 Å². The largest absolute Gasteiger partial charge is 0.352 e. The van der Waals surface area contributed by atoms with Crippen molar-refractivity contribution in [2.75, 3.05) is 26.2 Å². The minimum absolute atomic E-state index is 0.113. The second-order valence-corrected chi connectivity index (χ2v) is 5.09. The van der Waals surface area contributed by atoms with Crippen LogP contribution in [0.5, 0.6) is 0 Å². The van der Waals surface area contributed by atoms with E-state index in [2.05, 4.69) is 17.1 Å². The van der Waals surface area contributed by atoms with E-state index in [0.717, 1.165) is 32.5 Å². The fourth-order valence-corrected chi connectivity index (χ4v) is 2.45. The van der Waals surface area contributed by atoms with Crippen molar-refractivity contribution in [2.45, 2.75) is 19.8 Å². The minimum Gasteiger partial charge on any atom is -0.352 e. The second kappa shape index (κ2) is 6.66. The van der Waals surface area contributed by atoms with Crippen LogP contribution < -0.4 is 5.32 Å². The van der Waals surface area contributed by atoms with Crippen molar-refractivity contribution < 1.29 is 9.18 Å². The van der Waals surface area contributed by atoms with Crippen LogP contribution in [-0.4, -0.2) is 37.0 Å². The fourth-order valence-electron chi connectivity index (χ4n) is 2.45. The lowest BCUT2D eigenvalue weighted by atomic mass is 9.97. The molecule has 1 amide bonds. The maximum Gasteiger partial charge on any atom is 0.251 e. The average molecular weight is 264 g/mol. The van der Waals surface area contributed by atoms with Crippen LogP contribution in [-0.2, 0) is 0 Å². The lowest BCUT2D eigenvalue weighted by molar-refractivity contribution is 0.0937. The number of rotatable bonds is 4. The van der Waals surface area contributed by atoms with E-state index in [9.17, 15) is 9.18 Å². The summed E-state index contributed by atoms with van der Waals surface area (Å²) in [6.45, 7) is 6.24. The van der Waals surface area contributed by atoms with Crippen LogP contribution in [0.25, 0.3) is 0 Å². The van der Waals surface area contributed by atoms with E-state index in [1.807, 2.05) is 0 Å². The average Bonchev–Trinajstić information content (AvgIpc) is 2.46. The number of amides is 1. The molecule has 1 aromatic carbocycles. The molecule has 1 fully saturated rings. The lowest BCUT2D eigenvalue weighted by Gasteiger charge is -2.31. The number of hydrogen-bond donors (Lipinski definition) is 1. The third-order valence-corrected chi connectivity index (χ3v) is 3.81. The Morgan fingerprint density at radius 1 is 1.32 bits per heavy atom. The maximum absolute atomic E-state index is 12.8. The van der Waals surface area contributed by atoms with Gasteiger partial charge in [0.2, 0.25) is 0 Å². The highest BCUT2D eigenvalue weighted by atomic mass is 19.1. The van der Waals surface area contributed by atoms with Gasteiger partial charge >= 0.3 is 0 Å². The first kappa shape index (κ1) is 14.0. The van der Waals surface area contributed by atoms with E-state index >= 15 is 0 Å². The van der Waals surface area contributed by atoms with Crippen LogP contribution in [0.2, 0.25) is 0 Å². The Morgan fingerprint density at radius 3 is 2.53 bits per heavy atom. The number of nitrogens with zero attached hydrogens (tertiary/aromatic N) is 1. The van der Waals surface area contributed by atoms with E-state index in [-0.39, 0.29) is 11.7 Å². The molecule has 2 rings (SSSR count). The molecule has 0 spiro atoms. The molecular weight excluding hydrogens is 243 g/mol. The van der Waals surface area contributed by atoms with Crippen molar-refractivity contribution in [3.05, 3.63) is 35.6 Å². The summed E-state index contributed by atoms with van der Waals surface area (Å²) < 4.78 is 12.8. The molecule has 0 unspecified atom stereocenters. The highest BCUT2D eigenvalue weighted by Gasteiger charge is 2.18. The predicted molar refractivity (Wildman–Crippen MR) is 73.6 cm³/mol. The molecule has 1 aromatic rings. The van der Waals surface area contributed by atoms with Crippen LogP contribution in [0.3, 0.4) is 0 Å². The van der Waals surface area contributed by atoms with Crippen LogP contribution in [0.1, 0.15) is 30.1 Å². The predicted octanol–water partition coefficient (Wildman–Crippen LogP) is 2.29. The SMILES string of the molecule is CCN1CCC(CNC(=O)c2ccc(F)cc2)CC1. The Balaban J connectivity index is 1.76. The number of nitrogens with one attached hydrogen (secondary N) is 1. The Hall–Kier alpha value is -1.42. The van der Waals surface area contributed by atoms with Gasteiger partial charge in [-0.2, -0.15) is 0 Å². The molecule has 0 atom stereocenters. The molecule has 0 bridgehead atoms. The van der Waals surface area contributed by atoms with Gasteiger partial charge in [-0.1, -0.05) is 6.92 Å². The highest BCUT2D eigenvalue weighted by Crippen LogP contribution is 2.16. The van der Waals surface area contributed by atoms with Gasteiger partial charge in [-0.25, -0.2) is 4.39 Å². The first-order valence-corrected chi connectivity index (χ1v) is 6.95.